The summed E-state index contributed by atoms with van der Waals surface area (Å²) in [5.74, 6) is 1.02. The van der Waals surface area contributed by atoms with Crippen LogP contribution in [0.4, 0.5) is 23.7 Å². The second-order valence-electron chi connectivity index (χ2n) is 11.0. The average Bonchev–Trinajstić information content (AvgIpc) is 3.66. The second-order valence-corrected chi connectivity index (χ2v) is 11.9. The lowest BCUT2D eigenvalue weighted by Gasteiger charge is -2.21. The van der Waals surface area contributed by atoms with Crippen LogP contribution in [0.3, 0.4) is 0 Å². The third-order valence-electron chi connectivity index (χ3n) is 7.02. The van der Waals surface area contributed by atoms with Crippen molar-refractivity contribution in [3.8, 4) is 28.6 Å². The number of rotatable bonds is 10. The zero-order chi connectivity index (χ0) is 33.7. The Balaban J connectivity index is 1.21. The molecule has 5 rings (SSSR count). The number of carbonyl (C=O) groups excluding carboxylic acids is 2. The number of ether oxygens (including phenoxy) is 2. The van der Waals surface area contributed by atoms with Gasteiger partial charge >= 0.3 is 12.4 Å². The number of carbonyl (C=O) groups is 2. The number of amides is 3. The van der Waals surface area contributed by atoms with Crippen molar-refractivity contribution in [1.29, 1.82) is 0 Å². The van der Waals surface area contributed by atoms with Crippen molar-refractivity contribution in [1.82, 2.24) is 25.6 Å². The van der Waals surface area contributed by atoms with Crippen LogP contribution in [0.2, 0.25) is 0 Å². The first kappa shape index (κ1) is 33.5. The van der Waals surface area contributed by atoms with Gasteiger partial charge in [0.15, 0.2) is 11.0 Å². The van der Waals surface area contributed by atoms with Gasteiger partial charge in [0.1, 0.15) is 17.8 Å². The third-order valence-corrected chi connectivity index (χ3v) is 7.94. The van der Waals surface area contributed by atoms with Crippen LogP contribution in [0.15, 0.2) is 78.0 Å². The molecule has 1 aliphatic rings. The van der Waals surface area contributed by atoms with Gasteiger partial charge < -0.3 is 9.47 Å². The fraction of sp³-hybridized carbons (Fsp3) is 0.281. The first-order chi connectivity index (χ1) is 22.4. The van der Waals surface area contributed by atoms with Crippen LogP contribution in [-0.4, -0.2) is 51.1 Å². The summed E-state index contributed by atoms with van der Waals surface area (Å²) in [6.45, 7) is 6.04. The number of amidine groups is 1. The molecule has 1 aromatic heterocycles. The van der Waals surface area contributed by atoms with Crippen LogP contribution >= 0.6 is 11.8 Å². The Kier molecular flexibility index (Phi) is 10.2. The highest BCUT2D eigenvalue weighted by Gasteiger charge is 2.33. The zero-order valence-corrected chi connectivity index (χ0v) is 26.7. The fourth-order valence-electron chi connectivity index (χ4n) is 4.78. The van der Waals surface area contributed by atoms with Crippen LogP contribution in [0.1, 0.15) is 37.9 Å². The quantitative estimate of drug-likeness (QED) is 0.185. The number of hydrogen-bond donors (Lipinski definition) is 2. The van der Waals surface area contributed by atoms with Gasteiger partial charge in [-0.25, -0.2) is 19.9 Å². The number of methoxy groups -OCH3 is 1. The number of urea groups is 1. The summed E-state index contributed by atoms with van der Waals surface area (Å²) in [5, 5.41) is 4.70. The van der Waals surface area contributed by atoms with E-state index in [1.807, 2.05) is 43.3 Å². The molecule has 246 valence electrons. The molecule has 1 saturated heterocycles. The van der Waals surface area contributed by atoms with Gasteiger partial charge in [0.2, 0.25) is 5.91 Å². The Morgan fingerprint density at radius 1 is 1.04 bits per heavy atom. The molecule has 3 aromatic carbocycles. The Morgan fingerprint density at radius 3 is 2.40 bits per heavy atom. The molecule has 1 atom stereocenters. The number of alkyl halides is 3. The summed E-state index contributed by atoms with van der Waals surface area (Å²) in [4.78, 5) is 35.7. The molecular weight excluding hydrogens is 635 g/mol. The normalized spacial score (nSPS) is 14.9. The molecule has 0 aliphatic carbocycles. The summed E-state index contributed by atoms with van der Waals surface area (Å²) in [5.41, 5.74) is 9.21. The number of benzene rings is 3. The van der Waals surface area contributed by atoms with E-state index in [1.165, 1.54) is 51.9 Å². The Bertz CT molecular complexity index is 1760. The molecule has 0 spiro atoms. The SMILES string of the molecule is COc1ccc(CC(C)C)c(N2C(=O)CS/C2=N\C(=O)NNC(C)c2ccc(-c3ncn(-c4ccc(OC(F)(F)F)cc4)n3)cc2)c1. The highest BCUT2D eigenvalue weighted by Crippen LogP contribution is 2.34. The summed E-state index contributed by atoms with van der Waals surface area (Å²) >= 11 is 1.19. The number of halogens is 3. The van der Waals surface area contributed by atoms with Gasteiger partial charge in [0.05, 0.1) is 24.2 Å². The Hall–Kier alpha value is -4.89. The Morgan fingerprint density at radius 2 is 1.74 bits per heavy atom. The molecule has 2 heterocycles. The average molecular weight is 668 g/mol. The van der Waals surface area contributed by atoms with Crippen molar-refractivity contribution in [2.24, 2.45) is 10.9 Å². The summed E-state index contributed by atoms with van der Waals surface area (Å²) in [6, 6.07) is 17.2. The van der Waals surface area contributed by atoms with Gasteiger partial charge in [-0.3, -0.25) is 15.1 Å². The van der Waals surface area contributed by atoms with Crippen LogP contribution in [0, 0.1) is 5.92 Å². The molecule has 3 amide bonds. The predicted octanol–water partition coefficient (Wildman–Crippen LogP) is 6.45. The van der Waals surface area contributed by atoms with E-state index in [2.05, 4.69) is 44.5 Å². The lowest BCUT2D eigenvalue weighted by atomic mass is 10.0. The van der Waals surface area contributed by atoms with E-state index in [0.29, 0.717) is 34.4 Å². The molecule has 0 saturated carbocycles. The summed E-state index contributed by atoms with van der Waals surface area (Å²) in [7, 11) is 1.56. The molecule has 1 aliphatic heterocycles. The zero-order valence-electron chi connectivity index (χ0n) is 25.9. The molecule has 4 aromatic rings. The minimum absolute atomic E-state index is 0.164. The molecular formula is C32H32F3N7O4S. The van der Waals surface area contributed by atoms with Crippen molar-refractivity contribution in [3.63, 3.8) is 0 Å². The van der Waals surface area contributed by atoms with Crippen molar-refractivity contribution < 1.29 is 32.2 Å². The number of nitrogens with zero attached hydrogens (tertiary/aromatic N) is 5. The summed E-state index contributed by atoms with van der Waals surface area (Å²) in [6.07, 6.45) is -2.57. The Labute approximate surface area is 273 Å². The van der Waals surface area contributed by atoms with Gasteiger partial charge in [-0.2, -0.15) is 4.99 Å². The molecule has 11 nitrogen and oxygen atoms in total. The number of nitrogens with one attached hydrogen (secondary N) is 2. The number of hydrogen-bond acceptors (Lipinski definition) is 8. The topological polar surface area (TPSA) is 123 Å². The van der Waals surface area contributed by atoms with Crippen molar-refractivity contribution >= 4 is 34.6 Å². The first-order valence-corrected chi connectivity index (χ1v) is 15.5. The molecule has 0 radical (unpaired) electrons. The highest BCUT2D eigenvalue weighted by atomic mass is 32.2. The van der Waals surface area contributed by atoms with E-state index in [1.54, 1.807) is 13.2 Å². The van der Waals surface area contributed by atoms with Crippen LogP contribution < -0.4 is 25.2 Å². The predicted molar refractivity (Wildman–Crippen MR) is 172 cm³/mol. The van der Waals surface area contributed by atoms with Gasteiger partial charge in [-0.15, -0.1) is 18.3 Å². The lowest BCUT2D eigenvalue weighted by Crippen LogP contribution is -2.39. The molecule has 47 heavy (non-hydrogen) atoms. The van der Waals surface area contributed by atoms with E-state index in [4.69, 9.17) is 4.74 Å². The van der Waals surface area contributed by atoms with Crippen LogP contribution in [-0.2, 0) is 11.2 Å². The maximum Gasteiger partial charge on any atom is 0.573 e. The van der Waals surface area contributed by atoms with Gasteiger partial charge in [-0.1, -0.05) is 55.9 Å². The molecule has 15 heteroatoms. The smallest absolute Gasteiger partial charge is 0.497 e. The molecule has 2 N–H and O–H groups in total. The van der Waals surface area contributed by atoms with Crippen molar-refractivity contribution in [2.45, 2.75) is 39.6 Å². The number of aliphatic imine (C=N–C) groups is 1. The number of thioether (sulfide) groups is 1. The van der Waals surface area contributed by atoms with E-state index >= 15 is 0 Å². The van der Waals surface area contributed by atoms with Crippen LogP contribution in [0.25, 0.3) is 17.1 Å². The maximum atomic E-state index is 12.9. The van der Waals surface area contributed by atoms with Crippen molar-refractivity contribution in [3.05, 3.63) is 84.2 Å². The van der Waals surface area contributed by atoms with Gasteiger partial charge in [0.25, 0.3) is 0 Å². The van der Waals surface area contributed by atoms with Gasteiger partial charge in [-0.05, 0) is 60.7 Å². The third kappa shape index (κ3) is 8.48. The van der Waals surface area contributed by atoms with Crippen molar-refractivity contribution in [2.75, 3.05) is 17.8 Å². The standard InChI is InChI=1S/C32H32F3N7O4S/c1-19(2)15-23-9-12-26(45-4)16-27(23)42-28(43)17-47-31(42)37-30(44)39-38-20(3)21-5-7-22(8-6-21)29-36-18-41(40-29)24-10-13-25(14-11-24)46-32(33,34)35/h5-14,16,18-20,38H,15,17H2,1-4H3,(H,39,44)/b37-31-. The van der Waals surface area contributed by atoms with Gasteiger partial charge in [0, 0.05) is 17.7 Å². The minimum atomic E-state index is -4.77. The largest absolute Gasteiger partial charge is 0.573 e. The van der Waals surface area contributed by atoms with E-state index < -0.39 is 12.4 Å². The monoisotopic (exact) mass is 667 g/mol. The molecule has 1 fully saturated rings. The van der Waals surface area contributed by atoms with Crippen LogP contribution in [0.5, 0.6) is 11.5 Å². The number of hydrazine groups is 1. The molecule has 1 unspecified atom stereocenters. The lowest BCUT2D eigenvalue weighted by molar-refractivity contribution is -0.274. The number of aromatic nitrogens is 3. The first-order valence-electron chi connectivity index (χ1n) is 14.5. The number of anilines is 1. The highest BCUT2D eigenvalue weighted by molar-refractivity contribution is 8.15. The minimum Gasteiger partial charge on any atom is -0.497 e. The van der Waals surface area contributed by atoms with E-state index in [-0.39, 0.29) is 28.6 Å². The van der Waals surface area contributed by atoms with E-state index in [0.717, 1.165) is 17.5 Å². The second kappa shape index (κ2) is 14.3. The fourth-order valence-corrected chi connectivity index (χ4v) is 5.64. The summed E-state index contributed by atoms with van der Waals surface area (Å²) < 4.78 is 48.0. The molecule has 0 bridgehead atoms. The van der Waals surface area contributed by atoms with E-state index in [9.17, 15) is 22.8 Å². The maximum absolute atomic E-state index is 12.9.